The molecule has 136 valence electrons. The largest absolute Gasteiger partial charge is 0.504 e. The van der Waals surface area contributed by atoms with Crippen molar-refractivity contribution < 1.29 is 23.4 Å². The lowest BCUT2D eigenvalue weighted by Crippen LogP contribution is -2.21. The highest BCUT2D eigenvalue weighted by atomic mass is 79.9. The minimum absolute atomic E-state index is 0. The molecule has 25 heavy (non-hydrogen) atoms. The highest BCUT2D eigenvalue weighted by Crippen LogP contribution is 2.43. The number of benzene rings is 2. The number of hydrogen-bond donors (Lipinski definition) is 3. The second kappa shape index (κ2) is 7.43. The van der Waals surface area contributed by atoms with Crippen molar-refractivity contribution in [3.05, 3.63) is 57.6 Å². The van der Waals surface area contributed by atoms with Crippen molar-refractivity contribution in [2.24, 2.45) is 0 Å². The summed E-state index contributed by atoms with van der Waals surface area (Å²) in [4.78, 5) is 0. The molecular formula is C17H16BrClF3NO2. The third kappa shape index (κ3) is 3.88. The smallest absolute Gasteiger partial charge is 0.416 e. The van der Waals surface area contributed by atoms with Crippen LogP contribution in [0.2, 0.25) is 5.02 Å². The standard InChI is InChI=1S/C17H15ClF3NO2.BrH/c18-15-11-4-5-22-8-13(12(11)7-14(23)16(15)24)9-2-1-3-10(6-9)17(19,20)21;/h1-3,6-7,13,22-24H,4-5,8H2;1H. The first-order valence-electron chi connectivity index (χ1n) is 7.40. The monoisotopic (exact) mass is 437 g/mol. The van der Waals surface area contributed by atoms with E-state index in [2.05, 4.69) is 5.32 Å². The first kappa shape index (κ1) is 19.9. The zero-order valence-electron chi connectivity index (χ0n) is 12.9. The molecular weight excluding hydrogens is 423 g/mol. The van der Waals surface area contributed by atoms with Gasteiger partial charge < -0.3 is 15.5 Å². The number of nitrogens with one attached hydrogen (secondary N) is 1. The average Bonchev–Trinajstić information content (AvgIpc) is 2.74. The van der Waals surface area contributed by atoms with Crippen LogP contribution < -0.4 is 5.32 Å². The molecule has 0 fully saturated rings. The minimum atomic E-state index is -4.42. The molecule has 1 aliphatic heterocycles. The Labute approximate surface area is 158 Å². The lowest BCUT2D eigenvalue weighted by Gasteiger charge is -2.21. The Morgan fingerprint density at radius 3 is 2.56 bits per heavy atom. The maximum atomic E-state index is 13.0. The Hall–Kier alpha value is -1.44. The molecule has 0 radical (unpaired) electrons. The van der Waals surface area contributed by atoms with E-state index in [-0.39, 0.29) is 27.8 Å². The fraction of sp³-hybridized carbons (Fsp3) is 0.294. The van der Waals surface area contributed by atoms with Crippen LogP contribution in [0.25, 0.3) is 0 Å². The molecule has 3 N–H and O–H groups in total. The molecule has 2 aromatic rings. The van der Waals surface area contributed by atoms with Crippen molar-refractivity contribution in [1.82, 2.24) is 5.32 Å². The van der Waals surface area contributed by atoms with E-state index in [1.54, 1.807) is 6.07 Å². The van der Waals surface area contributed by atoms with Crippen LogP contribution in [0.1, 0.15) is 28.2 Å². The van der Waals surface area contributed by atoms with Gasteiger partial charge in [-0.05, 0) is 41.8 Å². The Balaban J connectivity index is 0.00000225. The van der Waals surface area contributed by atoms with Gasteiger partial charge in [0.15, 0.2) is 11.5 Å². The number of halogens is 5. The SMILES string of the molecule is Br.Oc1cc2c(c(Cl)c1O)CCNCC2c1cccc(C(F)(F)F)c1. The third-order valence-corrected chi connectivity index (χ3v) is 4.66. The van der Waals surface area contributed by atoms with Gasteiger partial charge in [-0.1, -0.05) is 29.8 Å². The second-order valence-corrected chi connectivity index (χ2v) is 6.13. The van der Waals surface area contributed by atoms with Gasteiger partial charge in [-0.25, -0.2) is 0 Å². The lowest BCUT2D eigenvalue weighted by molar-refractivity contribution is -0.137. The van der Waals surface area contributed by atoms with Crippen molar-refractivity contribution in [2.45, 2.75) is 18.5 Å². The molecule has 0 saturated heterocycles. The van der Waals surface area contributed by atoms with E-state index in [9.17, 15) is 23.4 Å². The number of hydrogen-bond acceptors (Lipinski definition) is 3. The summed E-state index contributed by atoms with van der Waals surface area (Å²) in [5.74, 6) is -1.19. The molecule has 0 spiro atoms. The fourth-order valence-corrected chi connectivity index (χ4v) is 3.35. The summed E-state index contributed by atoms with van der Waals surface area (Å²) in [6, 6.07) is 6.50. The number of aromatic hydroxyl groups is 2. The number of alkyl halides is 3. The lowest BCUT2D eigenvalue weighted by atomic mass is 9.87. The number of phenolic OH excluding ortho intramolecular Hbond substituents is 2. The van der Waals surface area contributed by atoms with Gasteiger partial charge in [0.25, 0.3) is 0 Å². The van der Waals surface area contributed by atoms with Gasteiger partial charge in [-0.15, -0.1) is 17.0 Å². The molecule has 0 aliphatic carbocycles. The minimum Gasteiger partial charge on any atom is -0.504 e. The van der Waals surface area contributed by atoms with Gasteiger partial charge in [0.2, 0.25) is 0 Å². The number of phenols is 2. The van der Waals surface area contributed by atoms with E-state index in [0.29, 0.717) is 36.2 Å². The Morgan fingerprint density at radius 2 is 1.88 bits per heavy atom. The topological polar surface area (TPSA) is 52.5 Å². The third-order valence-electron chi connectivity index (χ3n) is 4.25. The second-order valence-electron chi connectivity index (χ2n) is 5.76. The van der Waals surface area contributed by atoms with E-state index in [4.69, 9.17) is 11.6 Å². The molecule has 1 heterocycles. The zero-order chi connectivity index (χ0) is 17.5. The van der Waals surface area contributed by atoms with E-state index in [1.807, 2.05) is 0 Å². The fourth-order valence-electron chi connectivity index (χ4n) is 3.05. The predicted octanol–water partition coefficient (Wildman–Crippen LogP) is 4.63. The van der Waals surface area contributed by atoms with Crippen molar-refractivity contribution >= 4 is 28.6 Å². The Bertz CT molecular complexity index is 783. The molecule has 3 rings (SSSR count). The van der Waals surface area contributed by atoms with E-state index in [1.165, 1.54) is 12.1 Å². The highest BCUT2D eigenvalue weighted by Gasteiger charge is 2.32. The maximum absolute atomic E-state index is 13.0. The molecule has 0 bridgehead atoms. The van der Waals surface area contributed by atoms with Gasteiger partial charge in [0.05, 0.1) is 10.6 Å². The molecule has 0 saturated carbocycles. The summed E-state index contributed by atoms with van der Waals surface area (Å²) >= 11 is 6.13. The Morgan fingerprint density at radius 1 is 1.16 bits per heavy atom. The van der Waals surface area contributed by atoms with E-state index in [0.717, 1.165) is 12.1 Å². The van der Waals surface area contributed by atoms with E-state index < -0.39 is 23.4 Å². The van der Waals surface area contributed by atoms with Gasteiger partial charge in [-0.3, -0.25) is 0 Å². The molecule has 1 aliphatic rings. The van der Waals surface area contributed by atoms with Gasteiger partial charge >= 0.3 is 6.18 Å². The molecule has 3 nitrogen and oxygen atoms in total. The van der Waals surface area contributed by atoms with Crippen LogP contribution in [0.15, 0.2) is 30.3 Å². The summed E-state index contributed by atoms with van der Waals surface area (Å²) in [6.07, 6.45) is -3.91. The van der Waals surface area contributed by atoms with Crippen LogP contribution >= 0.6 is 28.6 Å². The molecule has 0 aromatic heterocycles. The normalized spacial score (nSPS) is 17.4. The first-order chi connectivity index (χ1) is 11.3. The van der Waals surface area contributed by atoms with Gasteiger partial charge in [-0.2, -0.15) is 13.2 Å². The van der Waals surface area contributed by atoms with Crippen molar-refractivity contribution in [2.75, 3.05) is 13.1 Å². The van der Waals surface area contributed by atoms with Crippen LogP contribution in [0.5, 0.6) is 11.5 Å². The van der Waals surface area contributed by atoms with E-state index >= 15 is 0 Å². The predicted molar refractivity (Wildman–Crippen MR) is 95.0 cm³/mol. The van der Waals surface area contributed by atoms with Crippen LogP contribution in [0.3, 0.4) is 0 Å². The van der Waals surface area contributed by atoms with Crippen molar-refractivity contribution in [3.63, 3.8) is 0 Å². The molecule has 2 aromatic carbocycles. The quantitative estimate of drug-likeness (QED) is 0.569. The zero-order valence-corrected chi connectivity index (χ0v) is 15.4. The molecule has 1 atom stereocenters. The summed E-state index contributed by atoms with van der Waals surface area (Å²) in [6.45, 7) is 0.987. The van der Waals surface area contributed by atoms with Gasteiger partial charge in [0, 0.05) is 12.5 Å². The van der Waals surface area contributed by atoms with Crippen LogP contribution in [0.4, 0.5) is 13.2 Å². The van der Waals surface area contributed by atoms with Crippen LogP contribution in [0, 0.1) is 0 Å². The molecule has 0 amide bonds. The summed E-state index contributed by atoms with van der Waals surface area (Å²) < 4.78 is 38.9. The molecule has 8 heteroatoms. The van der Waals surface area contributed by atoms with Crippen molar-refractivity contribution in [1.29, 1.82) is 0 Å². The summed E-state index contributed by atoms with van der Waals surface area (Å²) in [5, 5.41) is 22.9. The summed E-state index contributed by atoms with van der Waals surface area (Å²) in [5.41, 5.74) is 1.01. The highest BCUT2D eigenvalue weighted by molar-refractivity contribution is 8.93. The Kier molecular flexibility index (Phi) is 5.91. The summed E-state index contributed by atoms with van der Waals surface area (Å²) in [7, 11) is 0. The van der Waals surface area contributed by atoms with Gasteiger partial charge in [0.1, 0.15) is 0 Å². The average molecular weight is 439 g/mol. The number of rotatable bonds is 1. The van der Waals surface area contributed by atoms with Crippen LogP contribution in [-0.4, -0.2) is 23.3 Å². The molecule has 1 unspecified atom stereocenters. The van der Waals surface area contributed by atoms with Crippen molar-refractivity contribution in [3.8, 4) is 11.5 Å². The van der Waals surface area contributed by atoms with Crippen LogP contribution in [-0.2, 0) is 12.6 Å². The first-order valence-corrected chi connectivity index (χ1v) is 7.78. The maximum Gasteiger partial charge on any atom is 0.416 e. The number of fused-ring (bicyclic) bond motifs is 1.